The summed E-state index contributed by atoms with van der Waals surface area (Å²) in [7, 11) is 0. The Kier molecular flexibility index (Phi) is 5.12. The highest BCUT2D eigenvalue weighted by Crippen LogP contribution is 2.28. The summed E-state index contributed by atoms with van der Waals surface area (Å²) in [4.78, 5) is 26.4. The van der Waals surface area contributed by atoms with Gasteiger partial charge in [-0.15, -0.1) is 0 Å². The molecule has 1 amide bonds. The summed E-state index contributed by atoms with van der Waals surface area (Å²) in [6.07, 6.45) is 1.44. The van der Waals surface area contributed by atoms with Gasteiger partial charge in [-0.3, -0.25) is 9.59 Å². The van der Waals surface area contributed by atoms with E-state index in [1.165, 1.54) is 30.5 Å². The number of benzene rings is 2. The fraction of sp³-hybridized carbons (Fsp3) is 0.100. The molecule has 3 aromatic rings. The molecule has 3 rings (SSSR count). The molecular formula is C20H17FN2O3. The second kappa shape index (κ2) is 7.65. The largest absolute Gasteiger partial charge is 0.457 e. The van der Waals surface area contributed by atoms with Gasteiger partial charge in [-0.05, 0) is 42.8 Å². The number of hydrogen-bond acceptors (Lipinski definition) is 3. The van der Waals surface area contributed by atoms with Crippen molar-refractivity contribution in [3.05, 3.63) is 87.8 Å². The molecule has 0 bridgehead atoms. The molecular weight excluding hydrogens is 335 g/mol. The lowest BCUT2D eigenvalue weighted by molar-refractivity contribution is 0.102. The number of pyridine rings is 1. The van der Waals surface area contributed by atoms with Crippen molar-refractivity contribution in [2.75, 3.05) is 5.32 Å². The lowest BCUT2D eigenvalue weighted by Crippen LogP contribution is -2.15. The molecule has 0 unspecified atom stereocenters. The first kappa shape index (κ1) is 17.4. The van der Waals surface area contributed by atoms with Crippen LogP contribution in [0.25, 0.3) is 0 Å². The number of hydrogen-bond donors (Lipinski definition) is 2. The van der Waals surface area contributed by atoms with E-state index in [0.717, 1.165) is 5.56 Å². The predicted octanol–water partition coefficient (Wildman–Crippen LogP) is 4.20. The fourth-order valence-electron chi connectivity index (χ4n) is 2.38. The van der Waals surface area contributed by atoms with E-state index >= 15 is 0 Å². The first-order valence-electron chi connectivity index (χ1n) is 7.98. The summed E-state index contributed by atoms with van der Waals surface area (Å²) in [5, 5.41) is 2.64. The van der Waals surface area contributed by atoms with Gasteiger partial charge in [-0.25, -0.2) is 4.39 Å². The summed E-state index contributed by atoms with van der Waals surface area (Å²) in [5.41, 5.74) is 1.74. The number of carbonyl (C=O) groups excluding carboxylic acids is 1. The first-order valence-corrected chi connectivity index (χ1v) is 7.98. The quantitative estimate of drug-likeness (QED) is 0.723. The highest BCUT2D eigenvalue weighted by molar-refractivity contribution is 6.06. The normalized spacial score (nSPS) is 10.4. The highest BCUT2D eigenvalue weighted by Gasteiger charge is 2.15. The molecule has 0 spiro atoms. The minimum absolute atomic E-state index is 0.239. The molecule has 0 saturated heterocycles. The number of rotatable bonds is 5. The third-order valence-electron chi connectivity index (χ3n) is 3.73. The molecule has 132 valence electrons. The number of aromatic nitrogens is 1. The standard InChI is InChI=1S/C20H17FN2O3/c1-13-2-5-16(6-3-13)26-18-10-14(12-21)4-7-17(18)20(25)23-15-8-9-22-19(24)11-15/h2-11H,12H2,1H3,(H2,22,23,24,25). The number of amides is 1. The monoisotopic (exact) mass is 352 g/mol. The van der Waals surface area contributed by atoms with Crippen LogP contribution in [0, 0.1) is 6.92 Å². The average molecular weight is 352 g/mol. The number of alkyl halides is 1. The number of halogens is 1. The lowest BCUT2D eigenvalue weighted by atomic mass is 10.1. The molecule has 2 N–H and O–H groups in total. The molecule has 0 atom stereocenters. The van der Waals surface area contributed by atoms with Crippen LogP contribution in [0.4, 0.5) is 10.1 Å². The van der Waals surface area contributed by atoms with Crippen molar-refractivity contribution >= 4 is 11.6 Å². The number of ether oxygens (including phenoxy) is 1. The van der Waals surface area contributed by atoms with E-state index in [-0.39, 0.29) is 16.9 Å². The van der Waals surface area contributed by atoms with Gasteiger partial charge in [0.1, 0.15) is 18.2 Å². The zero-order valence-electron chi connectivity index (χ0n) is 14.1. The Labute approximate surface area is 149 Å². The van der Waals surface area contributed by atoms with Crippen LogP contribution in [0.15, 0.2) is 65.6 Å². The maximum absolute atomic E-state index is 13.0. The Balaban J connectivity index is 1.91. The topological polar surface area (TPSA) is 71.2 Å². The van der Waals surface area contributed by atoms with Gasteiger partial charge in [0.2, 0.25) is 5.56 Å². The number of nitrogens with one attached hydrogen (secondary N) is 2. The molecule has 1 heterocycles. The van der Waals surface area contributed by atoms with Crippen molar-refractivity contribution in [2.24, 2.45) is 0 Å². The van der Waals surface area contributed by atoms with E-state index in [1.807, 2.05) is 19.1 Å². The summed E-state index contributed by atoms with van der Waals surface area (Å²) < 4.78 is 18.8. The molecule has 0 aliphatic rings. The Morgan fingerprint density at radius 2 is 1.88 bits per heavy atom. The molecule has 0 fully saturated rings. The van der Waals surface area contributed by atoms with Crippen molar-refractivity contribution in [1.29, 1.82) is 0 Å². The number of anilines is 1. The SMILES string of the molecule is Cc1ccc(Oc2cc(CF)ccc2C(=O)Nc2cc[nH]c(=O)c2)cc1. The maximum atomic E-state index is 13.0. The van der Waals surface area contributed by atoms with Crippen LogP contribution in [0.5, 0.6) is 11.5 Å². The van der Waals surface area contributed by atoms with E-state index < -0.39 is 12.6 Å². The van der Waals surface area contributed by atoms with Gasteiger partial charge >= 0.3 is 0 Å². The average Bonchev–Trinajstić information content (AvgIpc) is 2.63. The molecule has 2 aromatic carbocycles. The van der Waals surface area contributed by atoms with Crippen LogP contribution in [0.1, 0.15) is 21.5 Å². The fourth-order valence-corrected chi connectivity index (χ4v) is 2.38. The summed E-state index contributed by atoms with van der Waals surface area (Å²) in [5.74, 6) is 0.325. The smallest absolute Gasteiger partial charge is 0.259 e. The van der Waals surface area contributed by atoms with Gasteiger partial charge in [0.25, 0.3) is 5.91 Å². The number of H-pyrrole nitrogens is 1. The maximum Gasteiger partial charge on any atom is 0.259 e. The highest BCUT2D eigenvalue weighted by atomic mass is 19.1. The van der Waals surface area contributed by atoms with E-state index in [1.54, 1.807) is 18.2 Å². The van der Waals surface area contributed by atoms with Crippen LogP contribution in [-0.4, -0.2) is 10.9 Å². The molecule has 0 aliphatic heterocycles. The van der Waals surface area contributed by atoms with Crippen LogP contribution < -0.4 is 15.6 Å². The molecule has 26 heavy (non-hydrogen) atoms. The third kappa shape index (κ3) is 4.16. The van der Waals surface area contributed by atoms with Crippen LogP contribution >= 0.6 is 0 Å². The van der Waals surface area contributed by atoms with E-state index in [2.05, 4.69) is 10.3 Å². The van der Waals surface area contributed by atoms with Gasteiger partial charge in [0.15, 0.2) is 0 Å². The van der Waals surface area contributed by atoms with Gasteiger partial charge in [-0.2, -0.15) is 0 Å². The van der Waals surface area contributed by atoms with Crippen LogP contribution in [0.2, 0.25) is 0 Å². The Hall–Kier alpha value is -3.41. The molecule has 0 saturated carbocycles. The first-order chi connectivity index (χ1) is 12.5. The summed E-state index contributed by atoms with van der Waals surface area (Å²) in [6, 6.07) is 14.7. The zero-order chi connectivity index (χ0) is 18.5. The molecule has 0 radical (unpaired) electrons. The molecule has 0 aliphatic carbocycles. The summed E-state index contributed by atoms with van der Waals surface area (Å²) >= 11 is 0. The minimum Gasteiger partial charge on any atom is -0.457 e. The van der Waals surface area contributed by atoms with Gasteiger partial charge < -0.3 is 15.0 Å². The Bertz CT molecular complexity index is 981. The zero-order valence-corrected chi connectivity index (χ0v) is 14.1. The number of aryl methyl sites for hydroxylation is 1. The van der Waals surface area contributed by atoms with Crippen molar-refractivity contribution in [3.8, 4) is 11.5 Å². The van der Waals surface area contributed by atoms with Gasteiger partial charge in [0.05, 0.1) is 5.56 Å². The number of aromatic amines is 1. The van der Waals surface area contributed by atoms with E-state index in [4.69, 9.17) is 4.74 Å². The summed E-state index contributed by atoms with van der Waals surface area (Å²) in [6.45, 7) is 1.29. The molecule has 5 nitrogen and oxygen atoms in total. The third-order valence-corrected chi connectivity index (χ3v) is 3.73. The van der Waals surface area contributed by atoms with Gasteiger partial charge in [-0.1, -0.05) is 23.8 Å². The second-order valence-corrected chi connectivity index (χ2v) is 5.77. The Morgan fingerprint density at radius 3 is 2.58 bits per heavy atom. The van der Waals surface area contributed by atoms with Crippen molar-refractivity contribution in [3.63, 3.8) is 0 Å². The minimum atomic E-state index is -0.666. The van der Waals surface area contributed by atoms with Gasteiger partial charge in [0, 0.05) is 18.0 Å². The Morgan fingerprint density at radius 1 is 1.12 bits per heavy atom. The molecule has 6 heteroatoms. The lowest BCUT2D eigenvalue weighted by Gasteiger charge is -2.13. The van der Waals surface area contributed by atoms with Crippen molar-refractivity contribution in [2.45, 2.75) is 13.6 Å². The van der Waals surface area contributed by atoms with Crippen molar-refractivity contribution < 1.29 is 13.9 Å². The van der Waals surface area contributed by atoms with Crippen molar-refractivity contribution in [1.82, 2.24) is 4.98 Å². The van der Waals surface area contributed by atoms with E-state index in [0.29, 0.717) is 17.0 Å². The van der Waals surface area contributed by atoms with E-state index in [9.17, 15) is 14.0 Å². The molecule has 1 aromatic heterocycles. The second-order valence-electron chi connectivity index (χ2n) is 5.77. The van der Waals surface area contributed by atoms with Crippen LogP contribution in [-0.2, 0) is 6.67 Å². The number of carbonyl (C=O) groups is 1. The van der Waals surface area contributed by atoms with Crippen LogP contribution in [0.3, 0.4) is 0 Å². The predicted molar refractivity (Wildman–Crippen MR) is 97.5 cm³/mol.